The number of aliphatic hydroxyl groups excluding tert-OH is 1. The van der Waals surface area contributed by atoms with Gasteiger partial charge in [0.05, 0.1) is 19.8 Å². The van der Waals surface area contributed by atoms with Gasteiger partial charge < -0.3 is 19.5 Å². The fourth-order valence-electron chi connectivity index (χ4n) is 6.28. The summed E-state index contributed by atoms with van der Waals surface area (Å²) in [6, 6.07) is 25.7. The molecule has 2 aliphatic heterocycles. The zero-order valence-electron chi connectivity index (χ0n) is 28.9. The van der Waals surface area contributed by atoms with E-state index in [4.69, 9.17) is 9.47 Å². The zero-order valence-corrected chi connectivity index (χ0v) is 28.9. The molecule has 260 valence electrons. The first-order chi connectivity index (χ1) is 24.2. The molecule has 6 rings (SSSR count). The van der Waals surface area contributed by atoms with Gasteiger partial charge >= 0.3 is 0 Å². The van der Waals surface area contributed by atoms with E-state index in [2.05, 4.69) is 0 Å². The number of rotatable bonds is 13. The average Bonchev–Trinajstić information content (AvgIpc) is 3.15. The second-order valence-corrected chi connectivity index (χ2v) is 13.0. The van der Waals surface area contributed by atoms with Gasteiger partial charge in [0, 0.05) is 54.5 Å². The fourth-order valence-corrected chi connectivity index (χ4v) is 6.28. The maximum Gasteiger partial charge on any atom is 0.163 e. The number of benzene rings is 4. The summed E-state index contributed by atoms with van der Waals surface area (Å²) in [5, 5.41) is 9.30. The third kappa shape index (κ3) is 9.61. The molecule has 8 heteroatoms. The van der Waals surface area contributed by atoms with Crippen molar-refractivity contribution < 1.29 is 33.8 Å². The van der Waals surface area contributed by atoms with Crippen molar-refractivity contribution in [2.24, 2.45) is 0 Å². The lowest BCUT2D eigenvalue weighted by atomic mass is 9.96. The third-order valence-electron chi connectivity index (χ3n) is 8.91. The predicted molar refractivity (Wildman–Crippen MR) is 193 cm³/mol. The topological polar surface area (TPSA) is 110 Å². The molecule has 0 aromatic heterocycles. The van der Waals surface area contributed by atoms with Crippen LogP contribution in [0.3, 0.4) is 0 Å². The van der Waals surface area contributed by atoms with Crippen molar-refractivity contribution in [2.45, 2.75) is 64.5 Å². The predicted octanol–water partition coefficient (Wildman–Crippen LogP) is 7.27. The molecular weight excluding hydrogens is 630 g/mol. The Labute approximate surface area is 294 Å². The molecule has 0 amide bonds. The highest BCUT2D eigenvalue weighted by molar-refractivity contribution is 6.03. The van der Waals surface area contributed by atoms with E-state index in [0.29, 0.717) is 34.4 Å². The van der Waals surface area contributed by atoms with Crippen LogP contribution in [0.2, 0.25) is 0 Å². The Morgan fingerprint density at radius 1 is 0.600 bits per heavy atom. The molecule has 0 saturated carbocycles. The van der Waals surface area contributed by atoms with E-state index in [1.807, 2.05) is 67.5 Å². The number of ketones is 4. The van der Waals surface area contributed by atoms with Gasteiger partial charge in [-0.1, -0.05) is 48.5 Å². The molecule has 2 aliphatic rings. The van der Waals surface area contributed by atoms with Gasteiger partial charge in [0.2, 0.25) is 0 Å². The lowest BCUT2D eigenvalue weighted by Gasteiger charge is -2.17. The Bertz CT molecular complexity index is 1840. The normalized spacial score (nSPS) is 13.1. The van der Waals surface area contributed by atoms with Crippen LogP contribution in [0.5, 0.6) is 11.5 Å². The van der Waals surface area contributed by atoms with E-state index in [9.17, 15) is 24.3 Å². The van der Waals surface area contributed by atoms with E-state index in [0.717, 1.165) is 67.1 Å². The minimum atomic E-state index is -0.180. The highest BCUT2D eigenvalue weighted by Gasteiger charge is 2.18. The van der Waals surface area contributed by atoms with Gasteiger partial charge in [0.1, 0.15) is 11.5 Å². The summed E-state index contributed by atoms with van der Waals surface area (Å²) >= 11 is 0. The average molecular weight is 676 g/mol. The number of carbonyl (C=O) groups excluding carboxylic acids is 4. The van der Waals surface area contributed by atoms with Crippen molar-refractivity contribution in [1.82, 2.24) is 4.90 Å². The summed E-state index contributed by atoms with van der Waals surface area (Å²) in [6.45, 7) is 1.99. The molecule has 0 atom stereocenters. The van der Waals surface area contributed by atoms with E-state index in [1.54, 1.807) is 36.4 Å². The van der Waals surface area contributed by atoms with Crippen molar-refractivity contribution in [1.29, 1.82) is 0 Å². The maximum absolute atomic E-state index is 12.6. The van der Waals surface area contributed by atoms with Crippen molar-refractivity contribution in [2.75, 3.05) is 27.3 Å². The van der Waals surface area contributed by atoms with Gasteiger partial charge in [-0.2, -0.15) is 0 Å². The third-order valence-corrected chi connectivity index (χ3v) is 8.91. The summed E-state index contributed by atoms with van der Waals surface area (Å²) in [5.74, 6) is 1.61. The van der Waals surface area contributed by atoms with Crippen LogP contribution < -0.4 is 9.47 Å². The van der Waals surface area contributed by atoms with Crippen molar-refractivity contribution >= 4 is 23.1 Å². The summed E-state index contributed by atoms with van der Waals surface area (Å²) < 4.78 is 11.1. The van der Waals surface area contributed by atoms with Crippen LogP contribution in [0.15, 0.2) is 84.9 Å². The SMILES string of the molecule is CN(C)Cc1ccccc1C(=O)CCC(=O)c1ccc2c(c1)CCCO2.O=C(CCC(=O)c1ccccc1CO)c1ccc2c(c1)CCCO2. The van der Waals surface area contributed by atoms with Crippen molar-refractivity contribution in [3.05, 3.63) is 129 Å². The van der Waals surface area contributed by atoms with Crippen LogP contribution in [0.25, 0.3) is 0 Å². The molecule has 0 fully saturated rings. The number of nitrogens with zero attached hydrogens (tertiary/aromatic N) is 1. The summed E-state index contributed by atoms with van der Waals surface area (Å²) in [7, 11) is 3.95. The minimum Gasteiger partial charge on any atom is -0.493 e. The maximum atomic E-state index is 12.6. The molecule has 1 N–H and O–H groups in total. The van der Waals surface area contributed by atoms with Gasteiger partial charge in [-0.05, 0) is 98.4 Å². The van der Waals surface area contributed by atoms with Gasteiger partial charge in [0.15, 0.2) is 23.1 Å². The largest absolute Gasteiger partial charge is 0.493 e. The highest BCUT2D eigenvalue weighted by atomic mass is 16.5. The monoisotopic (exact) mass is 675 g/mol. The molecule has 4 aromatic carbocycles. The number of aryl methyl sites for hydroxylation is 2. The van der Waals surface area contributed by atoms with Crippen LogP contribution in [0.4, 0.5) is 0 Å². The molecule has 0 saturated heterocycles. The van der Waals surface area contributed by atoms with Gasteiger partial charge in [-0.3, -0.25) is 19.2 Å². The summed E-state index contributed by atoms with van der Waals surface area (Å²) in [5.41, 5.74) is 6.25. The molecular formula is C42H45NO7. The Hall–Kier alpha value is -4.92. The lowest BCUT2D eigenvalue weighted by molar-refractivity contribution is 0.0916. The van der Waals surface area contributed by atoms with Gasteiger partial charge in [-0.15, -0.1) is 0 Å². The molecule has 0 radical (unpaired) electrons. The standard InChI is InChI=1S/C22H25NO3.C20H20O4/c1-23(2)15-18-6-3-4-8-19(18)21(25)11-10-20(24)16-9-12-22-17(14-16)7-5-13-26-22;21-13-16-4-1-2-6-17(16)19(23)9-8-18(22)14-7-10-20-15(12-14)5-3-11-24-20/h3-4,6,8-9,12,14H,5,7,10-11,13,15H2,1-2H3;1-2,4,6-7,10,12,21H,3,5,8-9,11,13H2. The van der Waals surface area contributed by atoms with Gasteiger partial charge in [-0.25, -0.2) is 0 Å². The van der Waals surface area contributed by atoms with Crippen LogP contribution in [0.1, 0.15) is 102 Å². The number of hydrogen-bond acceptors (Lipinski definition) is 8. The fraction of sp³-hybridized carbons (Fsp3) is 0.333. The number of hydrogen-bond donors (Lipinski definition) is 1. The number of ether oxygens (including phenoxy) is 2. The highest BCUT2D eigenvalue weighted by Crippen LogP contribution is 2.28. The van der Waals surface area contributed by atoms with Crippen molar-refractivity contribution in [3.63, 3.8) is 0 Å². The number of aliphatic hydroxyl groups is 1. The molecule has 2 heterocycles. The molecule has 4 aromatic rings. The van der Waals surface area contributed by atoms with E-state index in [1.165, 1.54) is 0 Å². The second-order valence-electron chi connectivity index (χ2n) is 13.0. The van der Waals surface area contributed by atoms with Crippen molar-refractivity contribution in [3.8, 4) is 11.5 Å². The van der Waals surface area contributed by atoms with E-state index in [-0.39, 0.29) is 55.4 Å². The van der Waals surface area contributed by atoms with Crippen LogP contribution >= 0.6 is 0 Å². The smallest absolute Gasteiger partial charge is 0.163 e. The Balaban J connectivity index is 0.000000195. The van der Waals surface area contributed by atoms with E-state index >= 15 is 0 Å². The number of carbonyl (C=O) groups is 4. The molecule has 0 unspecified atom stereocenters. The second kappa shape index (κ2) is 17.7. The Morgan fingerprint density at radius 2 is 1.04 bits per heavy atom. The molecule has 0 bridgehead atoms. The number of fused-ring (bicyclic) bond motifs is 2. The Morgan fingerprint density at radius 3 is 1.52 bits per heavy atom. The quantitative estimate of drug-likeness (QED) is 0.147. The summed E-state index contributed by atoms with van der Waals surface area (Å²) in [4.78, 5) is 51.9. The van der Waals surface area contributed by atoms with E-state index < -0.39 is 0 Å². The molecule has 0 aliphatic carbocycles. The van der Waals surface area contributed by atoms with Crippen LogP contribution in [0, 0.1) is 0 Å². The first kappa shape index (κ1) is 36.4. The van der Waals surface area contributed by atoms with Crippen LogP contribution in [-0.4, -0.2) is 60.4 Å². The minimum absolute atomic E-state index is 0.0109. The number of Topliss-reactive ketones (excluding diaryl/α,β-unsaturated/α-hetero) is 4. The molecule has 50 heavy (non-hydrogen) atoms. The van der Waals surface area contributed by atoms with Crippen LogP contribution in [-0.2, 0) is 26.0 Å². The first-order valence-electron chi connectivity index (χ1n) is 17.3. The lowest BCUT2D eigenvalue weighted by Crippen LogP contribution is -2.15. The Kier molecular flexibility index (Phi) is 12.8. The first-order valence-corrected chi connectivity index (χ1v) is 17.3. The van der Waals surface area contributed by atoms with Gasteiger partial charge in [0.25, 0.3) is 0 Å². The molecule has 0 spiro atoms. The zero-order chi connectivity index (χ0) is 35.5. The molecule has 8 nitrogen and oxygen atoms in total. The summed E-state index contributed by atoms with van der Waals surface area (Å²) in [6.07, 6.45) is 4.56.